The number of fused-ring (bicyclic) bond motifs is 1. The molecule has 29 heavy (non-hydrogen) atoms. The predicted octanol–water partition coefficient (Wildman–Crippen LogP) is 3.96. The zero-order valence-electron chi connectivity index (χ0n) is 16.3. The van der Waals surface area contributed by atoms with E-state index < -0.39 is 0 Å². The second kappa shape index (κ2) is 7.92. The highest BCUT2D eigenvalue weighted by Crippen LogP contribution is 2.35. The summed E-state index contributed by atoms with van der Waals surface area (Å²) in [6.45, 7) is 2.01. The van der Waals surface area contributed by atoms with E-state index in [0.717, 1.165) is 16.8 Å². The molecule has 0 radical (unpaired) electrons. The van der Waals surface area contributed by atoms with Gasteiger partial charge in [-0.1, -0.05) is 0 Å². The Bertz CT molecular complexity index is 1180. The van der Waals surface area contributed by atoms with Crippen LogP contribution in [0.1, 0.15) is 11.3 Å². The number of anilines is 1. The summed E-state index contributed by atoms with van der Waals surface area (Å²) < 4.78 is 12.6. The number of nitrogens with zero attached hydrogens (tertiary/aromatic N) is 3. The number of rotatable bonds is 6. The molecule has 0 aliphatic rings. The molecular weight excluding hydrogens is 388 g/mol. The lowest BCUT2D eigenvalue weighted by Crippen LogP contribution is -2.14. The summed E-state index contributed by atoms with van der Waals surface area (Å²) in [5.74, 6) is 1.24. The van der Waals surface area contributed by atoms with Crippen LogP contribution in [0.5, 0.6) is 11.5 Å². The van der Waals surface area contributed by atoms with Crippen LogP contribution in [0.3, 0.4) is 0 Å². The van der Waals surface area contributed by atoms with Crippen molar-refractivity contribution >= 4 is 28.0 Å². The van der Waals surface area contributed by atoms with Gasteiger partial charge in [0.05, 0.1) is 32.0 Å². The van der Waals surface area contributed by atoms with E-state index in [4.69, 9.17) is 9.47 Å². The van der Waals surface area contributed by atoms with Crippen LogP contribution in [-0.4, -0.2) is 34.5 Å². The third-order valence-electron chi connectivity index (χ3n) is 4.44. The first-order valence-corrected chi connectivity index (χ1v) is 9.85. The fourth-order valence-electron chi connectivity index (χ4n) is 3.02. The minimum absolute atomic E-state index is 0.163. The van der Waals surface area contributed by atoms with Gasteiger partial charge in [-0.2, -0.15) is 0 Å². The number of benzene rings is 1. The van der Waals surface area contributed by atoms with E-state index in [1.54, 1.807) is 14.2 Å². The molecule has 0 bridgehead atoms. The van der Waals surface area contributed by atoms with Gasteiger partial charge in [0, 0.05) is 23.3 Å². The number of carbonyl (C=O) groups excluding carboxylic acids is 1. The molecule has 148 valence electrons. The van der Waals surface area contributed by atoms with Gasteiger partial charge in [-0.25, -0.2) is 9.97 Å². The van der Waals surface area contributed by atoms with Crippen LogP contribution in [0.2, 0.25) is 0 Å². The maximum Gasteiger partial charge on any atom is 0.232 e. The largest absolute Gasteiger partial charge is 0.497 e. The Kier molecular flexibility index (Phi) is 5.18. The summed E-state index contributed by atoms with van der Waals surface area (Å²) in [6, 6.07) is 9.50. The van der Waals surface area contributed by atoms with E-state index in [-0.39, 0.29) is 12.3 Å². The van der Waals surface area contributed by atoms with Gasteiger partial charge in [-0.15, -0.1) is 11.3 Å². The van der Waals surface area contributed by atoms with Crippen LogP contribution in [0.15, 0.2) is 48.1 Å². The summed E-state index contributed by atoms with van der Waals surface area (Å²) in [5.41, 5.74) is 4.18. The molecule has 1 N–H and O–H groups in total. The second-order valence-corrected chi connectivity index (χ2v) is 7.39. The van der Waals surface area contributed by atoms with Gasteiger partial charge in [0.1, 0.15) is 17.1 Å². The van der Waals surface area contributed by atoms with Gasteiger partial charge in [0.25, 0.3) is 0 Å². The number of aryl methyl sites for hydroxylation is 1. The molecule has 3 aromatic heterocycles. The Balaban J connectivity index is 1.49. The number of hydrogen-bond acceptors (Lipinski definition) is 6. The van der Waals surface area contributed by atoms with Crippen molar-refractivity contribution < 1.29 is 14.3 Å². The van der Waals surface area contributed by atoms with Crippen molar-refractivity contribution in [2.45, 2.75) is 13.3 Å². The van der Waals surface area contributed by atoms with Gasteiger partial charge in [0.15, 0.2) is 5.13 Å². The summed E-state index contributed by atoms with van der Waals surface area (Å²) >= 11 is 1.36. The summed E-state index contributed by atoms with van der Waals surface area (Å²) in [5, 5.41) is 5.25. The minimum Gasteiger partial charge on any atom is -0.497 e. The molecule has 3 heterocycles. The lowest BCUT2D eigenvalue weighted by Gasteiger charge is -2.08. The molecule has 0 aliphatic carbocycles. The molecule has 0 saturated heterocycles. The van der Waals surface area contributed by atoms with Crippen LogP contribution in [0, 0.1) is 6.92 Å². The van der Waals surface area contributed by atoms with Crippen LogP contribution in [-0.2, 0) is 11.2 Å². The first-order chi connectivity index (χ1) is 14.1. The SMILES string of the molecule is COc1ccc(OC)c(-c2csc(NC(=O)Cc3cn4ccc(C)cc4n3)n2)c1. The first-order valence-electron chi connectivity index (χ1n) is 8.97. The number of methoxy groups -OCH3 is 2. The fraction of sp³-hybridized carbons (Fsp3) is 0.190. The lowest BCUT2D eigenvalue weighted by molar-refractivity contribution is -0.115. The Hall–Kier alpha value is -3.39. The number of pyridine rings is 1. The number of carbonyl (C=O) groups is 1. The van der Waals surface area contributed by atoms with E-state index in [1.807, 2.05) is 59.4 Å². The average Bonchev–Trinajstić information content (AvgIpc) is 3.33. The number of imidazole rings is 1. The Morgan fingerprint density at radius 2 is 2.03 bits per heavy atom. The predicted molar refractivity (Wildman–Crippen MR) is 113 cm³/mol. The van der Waals surface area contributed by atoms with Gasteiger partial charge < -0.3 is 19.2 Å². The number of ether oxygens (including phenoxy) is 2. The summed E-state index contributed by atoms with van der Waals surface area (Å²) in [6.07, 6.45) is 3.98. The number of thiazole rings is 1. The van der Waals surface area contributed by atoms with Gasteiger partial charge in [0.2, 0.25) is 5.91 Å². The Morgan fingerprint density at radius 1 is 1.17 bits per heavy atom. The topological polar surface area (TPSA) is 77.8 Å². The number of nitrogens with one attached hydrogen (secondary N) is 1. The third-order valence-corrected chi connectivity index (χ3v) is 5.20. The number of aromatic nitrogens is 3. The standard InChI is InChI=1S/C21H20N4O3S/c1-13-6-7-25-11-14(22-19(25)8-13)9-20(26)24-21-23-17(12-29-21)16-10-15(27-2)4-5-18(16)28-3/h4-8,10-12H,9H2,1-3H3,(H,23,24,26). The number of hydrogen-bond donors (Lipinski definition) is 1. The molecule has 4 rings (SSSR count). The molecule has 0 unspecified atom stereocenters. The monoisotopic (exact) mass is 408 g/mol. The van der Waals surface area contributed by atoms with Crippen molar-refractivity contribution in [3.8, 4) is 22.8 Å². The van der Waals surface area contributed by atoms with Gasteiger partial charge in [-0.3, -0.25) is 4.79 Å². The van der Waals surface area contributed by atoms with Crippen molar-refractivity contribution in [2.75, 3.05) is 19.5 Å². The highest BCUT2D eigenvalue weighted by atomic mass is 32.1. The normalized spacial score (nSPS) is 10.9. The maximum atomic E-state index is 12.5. The van der Waals surface area contributed by atoms with E-state index in [1.165, 1.54) is 11.3 Å². The molecule has 7 nitrogen and oxygen atoms in total. The molecule has 4 aromatic rings. The van der Waals surface area contributed by atoms with Crippen molar-refractivity contribution in [1.29, 1.82) is 0 Å². The van der Waals surface area contributed by atoms with Crippen LogP contribution >= 0.6 is 11.3 Å². The number of amides is 1. The molecule has 0 aliphatic heterocycles. The second-order valence-electron chi connectivity index (χ2n) is 6.53. The molecule has 0 atom stereocenters. The van der Waals surface area contributed by atoms with Crippen LogP contribution in [0.25, 0.3) is 16.9 Å². The van der Waals surface area contributed by atoms with Crippen molar-refractivity contribution in [1.82, 2.24) is 14.4 Å². The highest BCUT2D eigenvalue weighted by Gasteiger charge is 2.14. The summed E-state index contributed by atoms with van der Waals surface area (Å²) in [7, 11) is 3.22. The maximum absolute atomic E-state index is 12.5. The third kappa shape index (κ3) is 4.07. The van der Waals surface area contributed by atoms with Gasteiger partial charge in [-0.05, 0) is 42.8 Å². The van der Waals surface area contributed by atoms with Crippen molar-refractivity contribution in [3.05, 3.63) is 59.4 Å². The van der Waals surface area contributed by atoms with Gasteiger partial charge >= 0.3 is 0 Å². The zero-order chi connectivity index (χ0) is 20.4. The highest BCUT2D eigenvalue weighted by molar-refractivity contribution is 7.14. The average molecular weight is 408 g/mol. The van der Waals surface area contributed by atoms with Crippen molar-refractivity contribution in [2.24, 2.45) is 0 Å². The lowest BCUT2D eigenvalue weighted by atomic mass is 10.1. The van der Waals surface area contributed by atoms with E-state index in [2.05, 4.69) is 15.3 Å². The molecular formula is C21H20N4O3S. The fourth-order valence-corrected chi connectivity index (χ4v) is 3.75. The molecule has 0 saturated carbocycles. The van der Waals surface area contributed by atoms with Crippen molar-refractivity contribution in [3.63, 3.8) is 0 Å². The molecule has 0 fully saturated rings. The molecule has 8 heteroatoms. The first kappa shape index (κ1) is 18.9. The van der Waals surface area contributed by atoms with Crippen LogP contribution in [0.4, 0.5) is 5.13 Å². The minimum atomic E-state index is -0.163. The van der Waals surface area contributed by atoms with E-state index >= 15 is 0 Å². The smallest absolute Gasteiger partial charge is 0.232 e. The molecule has 0 spiro atoms. The van der Waals surface area contributed by atoms with E-state index in [0.29, 0.717) is 28.0 Å². The van der Waals surface area contributed by atoms with Crippen LogP contribution < -0.4 is 14.8 Å². The Morgan fingerprint density at radius 3 is 2.83 bits per heavy atom. The quantitative estimate of drug-likeness (QED) is 0.522. The molecule has 1 aromatic carbocycles. The molecule has 1 amide bonds. The summed E-state index contributed by atoms with van der Waals surface area (Å²) in [4.78, 5) is 21.5. The zero-order valence-corrected chi connectivity index (χ0v) is 17.1. The Labute approximate surface area is 172 Å². The van der Waals surface area contributed by atoms with E-state index in [9.17, 15) is 4.79 Å².